The summed E-state index contributed by atoms with van der Waals surface area (Å²) in [5.41, 5.74) is 7.16. The van der Waals surface area contributed by atoms with Crippen LogP contribution in [0.1, 0.15) is 17.5 Å². The van der Waals surface area contributed by atoms with Crippen molar-refractivity contribution in [3.05, 3.63) is 34.3 Å². The predicted molar refractivity (Wildman–Crippen MR) is 74.7 cm³/mol. The highest BCUT2D eigenvalue weighted by molar-refractivity contribution is 6.31. The molecule has 1 heterocycles. The van der Waals surface area contributed by atoms with Gasteiger partial charge in [-0.25, -0.2) is 0 Å². The van der Waals surface area contributed by atoms with E-state index in [1.54, 1.807) is 12.1 Å². The summed E-state index contributed by atoms with van der Waals surface area (Å²) in [4.78, 5) is 2.23. The summed E-state index contributed by atoms with van der Waals surface area (Å²) in [5, 5.41) is 12.2. The van der Waals surface area contributed by atoms with Gasteiger partial charge in [0.1, 0.15) is 0 Å². The second-order valence-corrected chi connectivity index (χ2v) is 5.13. The highest BCUT2D eigenvalue weighted by Crippen LogP contribution is 2.21. The first-order valence-corrected chi connectivity index (χ1v) is 6.54. The van der Waals surface area contributed by atoms with Gasteiger partial charge in [0, 0.05) is 29.8 Å². The lowest BCUT2D eigenvalue weighted by molar-refractivity contribution is 0.156. The molecule has 0 radical (unpaired) electrons. The zero-order chi connectivity index (χ0) is 13.8. The van der Waals surface area contributed by atoms with Crippen LogP contribution in [-0.2, 0) is 11.3 Å². The van der Waals surface area contributed by atoms with Gasteiger partial charge < -0.3 is 15.7 Å². The molecule has 1 aromatic carbocycles. The van der Waals surface area contributed by atoms with Gasteiger partial charge in [0.05, 0.1) is 6.61 Å². The summed E-state index contributed by atoms with van der Waals surface area (Å²) in [6.45, 7) is 2.35. The van der Waals surface area contributed by atoms with Gasteiger partial charge in [-0.3, -0.25) is 4.90 Å². The van der Waals surface area contributed by atoms with Gasteiger partial charge in [0.2, 0.25) is 0 Å². The molecular formula is C13H18ClN3O2. The molecule has 1 saturated heterocycles. The van der Waals surface area contributed by atoms with E-state index in [0.717, 1.165) is 31.7 Å². The van der Waals surface area contributed by atoms with Crippen LogP contribution in [0, 0.1) is 0 Å². The molecule has 1 fully saturated rings. The monoisotopic (exact) mass is 283 g/mol. The van der Waals surface area contributed by atoms with Crippen LogP contribution in [0.2, 0.25) is 5.02 Å². The third kappa shape index (κ3) is 3.37. The fourth-order valence-corrected chi connectivity index (χ4v) is 2.40. The zero-order valence-electron chi connectivity index (χ0n) is 10.8. The lowest BCUT2D eigenvalue weighted by Gasteiger charge is -2.23. The Hall–Kier alpha value is -1.30. The van der Waals surface area contributed by atoms with E-state index in [0.29, 0.717) is 16.6 Å². The molecule has 6 heteroatoms. The summed E-state index contributed by atoms with van der Waals surface area (Å²) in [7, 11) is 2.06. The van der Waals surface area contributed by atoms with Crippen molar-refractivity contribution in [1.29, 1.82) is 0 Å². The molecule has 0 spiro atoms. The van der Waals surface area contributed by atoms with Crippen LogP contribution in [-0.4, -0.2) is 42.2 Å². The van der Waals surface area contributed by atoms with Gasteiger partial charge in [-0.1, -0.05) is 28.9 Å². The Balaban J connectivity index is 2.08. The number of benzene rings is 1. The second kappa shape index (κ2) is 6.23. The van der Waals surface area contributed by atoms with Crippen molar-refractivity contribution in [3.8, 4) is 0 Å². The molecular weight excluding hydrogens is 266 g/mol. The van der Waals surface area contributed by atoms with Crippen LogP contribution in [0.25, 0.3) is 0 Å². The van der Waals surface area contributed by atoms with Gasteiger partial charge in [-0.05, 0) is 25.1 Å². The van der Waals surface area contributed by atoms with Crippen LogP contribution in [0.4, 0.5) is 0 Å². The maximum Gasteiger partial charge on any atom is 0.170 e. The number of amidine groups is 1. The van der Waals surface area contributed by atoms with E-state index in [1.807, 2.05) is 6.07 Å². The summed E-state index contributed by atoms with van der Waals surface area (Å²) < 4.78 is 5.38. The molecule has 0 aliphatic carbocycles. The van der Waals surface area contributed by atoms with E-state index in [-0.39, 0.29) is 5.84 Å². The minimum Gasteiger partial charge on any atom is -0.409 e. The SMILES string of the molecule is CN(Cc1ccc(/C(N)=N/O)cc1Cl)C1CCOC1. The Bertz CT molecular complexity index is 473. The second-order valence-electron chi connectivity index (χ2n) is 4.72. The van der Waals surface area contributed by atoms with E-state index >= 15 is 0 Å². The van der Waals surface area contributed by atoms with Crippen molar-refractivity contribution in [3.63, 3.8) is 0 Å². The van der Waals surface area contributed by atoms with Crippen molar-refractivity contribution in [2.75, 3.05) is 20.3 Å². The minimum atomic E-state index is 0.0611. The lowest BCUT2D eigenvalue weighted by Crippen LogP contribution is -2.31. The van der Waals surface area contributed by atoms with E-state index in [4.69, 9.17) is 27.3 Å². The Labute approximate surface area is 117 Å². The number of oxime groups is 1. The fourth-order valence-electron chi connectivity index (χ4n) is 2.16. The summed E-state index contributed by atoms with van der Waals surface area (Å²) in [6, 6.07) is 5.86. The summed E-state index contributed by atoms with van der Waals surface area (Å²) in [5.74, 6) is 0.0611. The molecule has 0 bridgehead atoms. The van der Waals surface area contributed by atoms with E-state index in [2.05, 4.69) is 17.1 Å². The number of ether oxygens (including phenoxy) is 1. The molecule has 104 valence electrons. The molecule has 2 rings (SSSR count). The highest BCUT2D eigenvalue weighted by Gasteiger charge is 2.20. The molecule has 3 N–H and O–H groups in total. The van der Waals surface area contributed by atoms with Crippen molar-refractivity contribution in [2.24, 2.45) is 10.9 Å². The Morgan fingerprint density at radius 2 is 2.42 bits per heavy atom. The summed E-state index contributed by atoms with van der Waals surface area (Å²) in [6.07, 6.45) is 1.05. The predicted octanol–water partition coefficient (Wildman–Crippen LogP) is 1.66. The first-order chi connectivity index (χ1) is 9.11. The quantitative estimate of drug-likeness (QED) is 0.381. The molecule has 0 saturated carbocycles. The molecule has 5 nitrogen and oxygen atoms in total. The average molecular weight is 284 g/mol. The minimum absolute atomic E-state index is 0.0611. The lowest BCUT2D eigenvalue weighted by atomic mass is 10.1. The molecule has 0 aromatic heterocycles. The van der Waals surface area contributed by atoms with Gasteiger partial charge in [-0.15, -0.1) is 0 Å². The average Bonchev–Trinajstić information content (AvgIpc) is 2.94. The number of hydrogen-bond donors (Lipinski definition) is 2. The number of halogens is 1. The van der Waals surface area contributed by atoms with E-state index < -0.39 is 0 Å². The molecule has 1 aromatic rings. The summed E-state index contributed by atoms with van der Waals surface area (Å²) >= 11 is 6.23. The van der Waals surface area contributed by atoms with Gasteiger partial charge in [-0.2, -0.15) is 0 Å². The number of nitrogens with two attached hydrogens (primary N) is 1. The van der Waals surface area contributed by atoms with Crippen molar-refractivity contribution in [2.45, 2.75) is 19.0 Å². The Morgan fingerprint density at radius 1 is 1.63 bits per heavy atom. The highest BCUT2D eigenvalue weighted by atomic mass is 35.5. The molecule has 19 heavy (non-hydrogen) atoms. The van der Waals surface area contributed by atoms with Crippen LogP contribution in [0.15, 0.2) is 23.4 Å². The number of likely N-dealkylation sites (N-methyl/N-ethyl adjacent to an activating group) is 1. The first-order valence-electron chi connectivity index (χ1n) is 6.16. The topological polar surface area (TPSA) is 71.1 Å². The third-order valence-corrected chi connectivity index (χ3v) is 3.76. The number of hydrogen-bond acceptors (Lipinski definition) is 4. The molecule has 0 amide bonds. The van der Waals surface area contributed by atoms with Crippen LogP contribution >= 0.6 is 11.6 Å². The number of rotatable bonds is 4. The van der Waals surface area contributed by atoms with Crippen LogP contribution < -0.4 is 5.73 Å². The van der Waals surface area contributed by atoms with Crippen molar-refractivity contribution >= 4 is 17.4 Å². The standard InChI is InChI=1S/C13H18ClN3O2/c1-17(11-4-5-19-8-11)7-10-3-2-9(6-12(10)14)13(15)16-18/h2-3,6,11,18H,4-5,7-8H2,1H3,(H2,15,16). The molecule has 1 unspecified atom stereocenters. The van der Waals surface area contributed by atoms with Crippen molar-refractivity contribution < 1.29 is 9.94 Å². The van der Waals surface area contributed by atoms with Gasteiger partial charge >= 0.3 is 0 Å². The largest absolute Gasteiger partial charge is 0.409 e. The first kappa shape index (κ1) is 14.1. The molecule has 1 aliphatic rings. The van der Waals surface area contributed by atoms with Gasteiger partial charge in [0.25, 0.3) is 0 Å². The molecule has 1 aliphatic heterocycles. The van der Waals surface area contributed by atoms with Crippen LogP contribution in [0.5, 0.6) is 0 Å². The van der Waals surface area contributed by atoms with Crippen molar-refractivity contribution in [1.82, 2.24) is 4.90 Å². The van der Waals surface area contributed by atoms with Gasteiger partial charge in [0.15, 0.2) is 5.84 Å². The maximum absolute atomic E-state index is 8.64. The Kier molecular flexibility index (Phi) is 4.63. The normalized spacial score (nSPS) is 20.2. The zero-order valence-corrected chi connectivity index (χ0v) is 11.6. The smallest absolute Gasteiger partial charge is 0.170 e. The maximum atomic E-state index is 8.64. The third-order valence-electron chi connectivity index (χ3n) is 3.41. The molecule has 1 atom stereocenters. The number of nitrogens with zero attached hydrogens (tertiary/aromatic N) is 2. The van der Waals surface area contributed by atoms with Crippen LogP contribution in [0.3, 0.4) is 0 Å². The Morgan fingerprint density at radius 3 is 3.00 bits per heavy atom. The van der Waals surface area contributed by atoms with E-state index in [9.17, 15) is 0 Å². The fraction of sp³-hybridized carbons (Fsp3) is 0.462. The van der Waals surface area contributed by atoms with E-state index in [1.165, 1.54) is 0 Å².